The summed E-state index contributed by atoms with van der Waals surface area (Å²) < 4.78 is 0. The summed E-state index contributed by atoms with van der Waals surface area (Å²) in [6.45, 7) is 9.42. The Morgan fingerprint density at radius 3 is 1.65 bits per heavy atom. The Hall–Kier alpha value is -7.96. The molecule has 65 heavy (non-hydrogen) atoms. The van der Waals surface area contributed by atoms with Gasteiger partial charge in [0, 0.05) is 34.5 Å². The Morgan fingerprint density at radius 2 is 0.954 bits per heavy atom. The monoisotopic (exact) mass is 838 g/mol. The maximum Gasteiger partial charge on any atom is 0.179 e. The van der Waals surface area contributed by atoms with Gasteiger partial charge >= 0.3 is 0 Å². The van der Waals surface area contributed by atoms with Crippen LogP contribution < -0.4 is 19.6 Å². The molecule has 5 heterocycles. The highest BCUT2D eigenvalue weighted by Crippen LogP contribution is 2.63. The van der Waals surface area contributed by atoms with Gasteiger partial charge in [0.1, 0.15) is 12.3 Å². The lowest BCUT2D eigenvalue weighted by molar-refractivity contribution is 0.290. The molecule has 0 N–H and O–H groups in total. The Kier molecular flexibility index (Phi) is 8.41. The van der Waals surface area contributed by atoms with Crippen LogP contribution >= 0.6 is 0 Å². The molecule has 6 nitrogen and oxygen atoms in total. The second-order valence-electron chi connectivity index (χ2n) is 18.0. The van der Waals surface area contributed by atoms with Crippen LogP contribution in [0.3, 0.4) is 0 Å². The zero-order valence-corrected chi connectivity index (χ0v) is 36.4. The van der Waals surface area contributed by atoms with Crippen molar-refractivity contribution in [2.75, 3.05) is 19.6 Å². The number of hydrogen-bond donors (Lipinski definition) is 0. The Balaban J connectivity index is 1.10. The van der Waals surface area contributed by atoms with Gasteiger partial charge in [-0.15, -0.1) is 0 Å². The van der Waals surface area contributed by atoms with Crippen LogP contribution in [-0.4, -0.2) is 22.3 Å². The lowest BCUT2D eigenvalue weighted by atomic mass is 9.71. The lowest BCUT2D eigenvalue weighted by Crippen LogP contribution is -2.60. The molecule has 0 saturated heterocycles. The molecule has 13 rings (SSSR count). The molecule has 8 aromatic carbocycles. The van der Waals surface area contributed by atoms with E-state index in [2.05, 4.69) is 228 Å². The van der Waals surface area contributed by atoms with Crippen molar-refractivity contribution < 1.29 is 0 Å². The fourth-order valence-corrected chi connectivity index (χ4v) is 11.5. The molecule has 1 aromatic heterocycles. The summed E-state index contributed by atoms with van der Waals surface area (Å²) in [5.41, 5.74) is 19.7. The smallest absolute Gasteiger partial charge is 0.179 e. The average Bonchev–Trinajstić information content (AvgIpc) is 3.86. The normalized spacial score (nSPS) is 19.1. The lowest BCUT2D eigenvalue weighted by Gasteiger charge is -2.53. The van der Waals surface area contributed by atoms with Crippen LogP contribution in [0.4, 0.5) is 45.8 Å². The largest absolute Gasteiger partial charge is 0.318 e. The van der Waals surface area contributed by atoms with Crippen molar-refractivity contribution in [3.63, 3.8) is 0 Å². The number of aryl methyl sites for hydroxylation is 2. The standard InChI is InChI=1S/C59H46N6/c1-37-17-7-9-21-44(37)40-29-32-43(33-30-40)62-53-27-15-16-28-54(53)64-52-34-31-41(45-22-10-8-18-38(45)2)36-47(52)39(3)35-48-46-23-11-14-26-51(46)65-57-56(60-49-24-12-13-25-50(49)61-57)63(42-19-5-4-6-20-42)59(65)55(48)58(62)64/h4-34,36,48,55,58-59H,3,35H2,1-2H3. The molecule has 0 aliphatic carbocycles. The SMILES string of the molecule is C=C1CC2c3ccccc3N3c4nc5ccccc5nc4N(c4ccccc4)C3C2C2N(c3ccc(-c4ccccc4C)cc3)c3ccccc3N2c2ccc(-c3ccccc3C)cc21. The number of fused-ring (bicyclic) bond motifs is 15. The van der Waals surface area contributed by atoms with Gasteiger partial charge in [0.25, 0.3) is 0 Å². The third-order valence-electron chi connectivity index (χ3n) is 14.4. The molecule has 4 aliphatic heterocycles. The average molecular weight is 839 g/mol. The molecule has 312 valence electrons. The highest BCUT2D eigenvalue weighted by atomic mass is 15.5. The van der Waals surface area contributed by atoms with Crippen molar-refractivity contribution in [3.05, 3.63) is 223 Å². The number of para-hydroxylation sites is 6. The molecule has 4 aliphatic rings. The van der Waals surface area contributed by atoms with Gasteiger partial charge in [0.2, 0.25) is 0 Å². The van der Waals surface area contributed by atoms with Crippen molar-refractivity contribution in [2.45, 2.75) is 38.5 Å². The van der Waals surface area contributed by atoms with Gasteiger partial charge in [-0.3, -0.25) is 0 Å². The summed E-state index contributed by atoms with van der Waals surface area (Å²) in [6.07, 6.45) is 0.382. The van der Waals surface area contributed by atoms with E-state index >= 15 is 0 Å². The maximum atomic E-state index is 5.52. The first-order chi connectivity index (χ1) is 32.0. The topological polar surface area (TPSA) is 38.7 Å². The minimum Gasteiger partial charge on any atom is -0.318 e. The summed E-state index contributed by atoms with van der Waals surface area (Å²) in [7, 11) is 0. The van der Waals surface area contributed by atoms with E-state index in [4.69, 9.17) is 16.5 Å². The van der Waals surface area contributed by atoms with Crippen LogP contribution in [0.5, 0.6) is 0 Å². The minimum atomic E-state index is -0.208. The van der Waals surface area contributed by atoms with E-state index in [9.17, 15) is 0 Å². The van der Waals surface area contributed by atoms with Crippen molar-refractivity contribution in [1.29, 1.82) is 0 Å². The van der Waals surface area contributed by atoms with E-state index in [-0.39, 0.29) is 24.2 Å². The van der Waals surface area contributed by atoms with Crippen molar-refractivity contribution >= 4 is 62.4 Å². The van der Waals surface area contributed by atoms with Gasteiger partial charge in [-0.05, 0) is 132 Å². The summed E-state index contributed by atoms with van der Waals surface area (Å²) in [5.74, 6) is 1.76. The third-order valence-corrected chi connectivity index (χ3v) is 14.4. The molecule has 4 atom stereocenters. The first-order valence-corrected chi connectivity index (χ1v) is 22.7. The summed E-state index contributed by atoms with van der Waals surface area (Å²) >= 11 is 0. The number of anilines is 8. The molecule has 0 fully saturated rings. The molecule has 0 bridgehead atoms. The van der Waals surface area contributed by atoms with Crippen LogP contribution in [0, 0.1) is 19.8 Å². The van der Waals surface area contributed by atoms with Gasteiger partial charge in [0.05, 0.1) is 28.1 Å². The maximum absolute atomic E-state index is 5.52. The van der Waals surface area contributed by atoms with E-state index < -0.39 is 0 Å². The molecule has 9 aromatic rings. The second-order valence-corrected chi connectivity index (χ2v) is 18.0. The molecule has 6 heteroatoms. The predicted octanol–water partition coefficient (Wildman–Crippen LogP) is 14.6. The molecular weight excluding hydrogens is 793 g/mol. The number of hydrogen-bond acceptors (Lipinski definition) is 6. The quantitative estimate of drug-likeness (QED) is 0.176. The van der Waals surface area contributed by atoms with Gasteiger partial charge in [0.15, 0.2) is 11.6 Å². The molecule has 0 amide bonds. The van der Waals surface area contributed by atoms with Gasteiger partial charge in [-0.2, -0.15) is 0 Å². The van der Waals surface area contributed by atoms with E-state index in [1.165, 1.54) is 61.6 Å². The highest BCUT2D eigenvalue weighted by molar-refractivity contribution is 5.96. The Morgan fingerprint density at radius 1 is 0.431 bits per heavy atom. The fraction of sp³-hybridized carbons (Fsp3) is 0.119. The number of nitrogens with zero attached hydrogens (tertiary/aromatic N) is 6. The zero-order chi connectivity index (χ0) is 43.3. The zero-order valence-electron chi connectivity index (χ0n) is 36.4. The van der Waals surface area contributed by atoms with Crippen LogP contribution in [0.25, 0.3) is 38.9 Å². The highest BCUT2D eigenvalue weighted by Gasteiger charge is 2.59. The van der Waals surface area contributed by atoms with E-state index in [1.807, 2.05) is 0 Å². The van der Waals surface area contributed by atoms with E-state index in [1.54, 1.807) is 0 Å². The summed E-state index contributed by atoms with van der Waals surface area (Å²) in [4.78, 5) is 21.3. The summed E-state index contributed by atoms with van der Waals surface area (Å²) in [5, 5.41) is 0. The summed E-state index contributed by atoms with van der Waals surface area (Å²) in [6, 6.07) is 70.9. The molecule has 0 radical (unpaired) electrons. The van der Waals surface area contributed by atoms with Crippen LogP contribution in [0.1, 0.15) is 34.6 Å². The number of aromatic nitrogens is 2. The predicted molar refractivity (Wildman–Crippen MR) is 268 cm³/mol. The Bertz CT molecular complexity index is 3360. The fourth-order valence-electron chi connectivity index (χ4n) is 11.5. The van der Waals surface area contributed by atoms with Gasteiger partial charge in [-0.25, -0.2) is 9.97 Å². The van der Waals surface area contributed by atoms with Crippen molar-refractivity contribution in [3.8, 4) is 22.3 Å². The van der Waals surface area contributed by atoms with E-state index in [0.717, 1.165) is 51.7 Å². The molecule has 0 saturated carbocycles. The molecule has 0 spiro atoms. The van der Waals surface area contributed by atoms with Crippen LogP contribution in [-0.2, 0) is 0 Å². The van der Waals surface area contributed by atoms with Gasteiger partial charge in [-0.1, -0.05) is 134 Å². The first-order valence-electron chi connectivity index (χ1n) is 22.7. The molecule has 4 unspecified atom stereocenters. The first kappa shape index (κ1) is 37.6. The third kappa shape index (κ3) is 5.66. The second kappa shape index (κ2) is 14.5. The van der Waals surface area contributed by atoms with Crippen LogP contribution in [0.15, 0.2) is 201 Å². The number of allylic oxidation sites excluding steroid dienone is 1. The minimum absolute atomic E-state index is 0.0476. The van der Waals surface area contributed by atoms with Crippen molar-refractivity contribution in [1.82, 2.24) is 9.97 Å². The van der Waals surface area contributed by atoms with Crippen molar-refractivity contribution in [2.24, 2.45) is 5.92 Å². The number of rotatable bonds is 4. The van der Waals surface area contributed by atoms with Crippen LogP contribution in [0.2, 0.25) is 0 Å². The van der Waals surface area contributed by atoms with E-state index in [0.29, 0.717) is 0 Å². The molecular formula is C59H46N6. The van der Waals surface area contributed by atoms with Gasteiger partial charge < -0.3 is 19.6 Å². The Labute approximate surface area is 380 Å². The number of benzene rings is 8.